The summed E-state index contributed by atoms with van der Waals surface area (Å²) in [6, 6.07) is 13.0. The number of ether oxygens (including phenoxy) is 3. The third-order valence-corrected chi connectivity index (χ3v) is 4.25. The predicted molar refractivity (Wildman–Crippen MR) is 90.5 cm³/mol. The van der Waals surface area contributed by atoms with Crippen LogP contribution in [-0.4, -0.2) is 25.3 Å². The van der Waals surface area contributed by atoms with E-state index in [-0.39, 0.29) is 11.4 Å². The Morgan fingerprint density at radius 1 is 1.08 bits per heavy atom. The van der Waals surface area contributed by atoms with Crippen molar-refractivity contribution in [1.82, 2.24) is 0 Å². The molecule has 0 saturated heterocycles. The summed E-state index contributed by atoms with van der Waals surface area (Å²) >= 11 is 0. The summed E-state index contributed by atoms with van der Waals surface area (Å²) in [5, 5.41) is 0. The van der Waals surface area contributed by atoms with Gasteiger partial charge in [0.1, 0.15) is 24.0 Å². The molecular weight excluding hydrogens is 320 g/mol. The number of Topliss-reactive ketones (excluding diaryl/α,β-unsaturated/α-hetero) is 1. The van der Waals surface area contributed by atoms with Crippen LogP contribution >= 0.6 is 0 Å². The maximum Gasteiger partial charge on any atom is 0.200 e. The molecule has 1 unspecified atom stereocenters. The Labute approximate surface area is 144 Å². The maximum atomic E-state index is 12.9. The zero-order chi connectivity index (χ0) is 17.4. The smallest absolute Gasteiger partial charge is 0.200 e. The number of hydrogen-bond donors (Lipinski definition) is 0. The lowest BCUT2D eigenvalue weighted by molar-refractivity contribution is -0.105. The van der Waals surface area contributed by atoms with Gasteiger partial charge in [0.2, 0.25) is 0 Å². The number of benzene rings is 2. The van der Waals surface area contributed by atoms with E-state index < -0.39 is 6.10 Å². The van der Waals surface area contributed by atoms with Gasteiger partial charge in [0, 0.05) is 5.56 Å². The highest BCUT2D eigenvalue weighted by molar-refractivity contribution is 6.14. The molecule has 0 fully saturated rings. The van der Waals surface area contributed by atoms with Crippen LogP contribution in [-0.2, 0) is 9.53 Å². The van der Waals surface area contributed by atoms with E-state index in [1.807, 2.05) is 36.4 Å². The van der Waals surface area contributed by atoms with Crippen molar-refractivity contribution < 1.29 is 23.8 Å². The van der Waals surface area contributed by atoms with Crippen molar-refractivity contribution in [2.75, 3.05) is 7.11 Å². The van der Waals surface area contributed by atoms with Gasteiger partial charge in [-0.1, -0.05) is 30.3 Å². The fourth-order valence-electron chi connectivity index (χ4n) is 3.00. The molecule has 2 aliphatic rings. The van der Waals surface area contributed by atoms with Crippen LogP contribution in [0.4, 0.5) is 0 Å². The number of aldehydes is 1. The summed E-state index contributed by atoms with van der Waals surface area (Å²) in [6.45, 7) is 0. The van der Waals surface area contributed by atoms with Gasteiger partial charge < -0.3 is 14.2 Å². The molecule has 2 aromatic rings. The molecule has 25 heavy (non-hydrogen) atoms. The molecule has 0 N–H and O–H groups in total. The minimum atomic E-state index is -0.762. The molecule has 0 saturated carbocycles. The molecule has 5 nitrogen and oxygen atoms in total. The lowest BCUT2D eigenvalue weighted by Crippen LogP contribution is -2.34. The maximum absolute atomic E-state index is 12.9. The largest absolute Gasteiger partial charge is 0.497 e. The standard InChI is InChI=1S/C20H14O5/c1-23-14-7-15(12-5-3-2-4-6-12)20-16(8-14)18(22)17-11-24-10-13(9-21)19(17)25-20/h2-11,19H,1H3. The van der Waals surface area contributed by atoms with Gasteiger partial charge in [-0.2, -0.15) is 0 Å². The molecule has 0 bridgehead atoms. The minimum absolute atomic E-state index is 0.241. The number of carbonyl (C=O) groups excluding carboxylic acids is 2. The van der Waals surface area contributed by atoms with Crippen LogP contribution in [0.1, 0.15) is 10.4 Å². The first kappa shape index (κ1) is 15.2. The van der Waals surface area contributed by atoms with Crippen LogP contribution in [0.3, 0.4) is 0 Å². The summed E-state index contributed by atoms with van der Waals surface area (Å²) in [5.74, 6) is 0.750. The lowest BCUT2D eigenvalue weighted by Gasteiger charge is -2.30. The van der Waals surface area contributed by atoms with Crippen molar-refractivity contribution >= 4 is 12.1 Å². The quantitative estimate of drug-likeness (QED) is 0.806. The second-order valence-electron chi connectivity index (χ2n) is 5.69. The van der Waals surface area contributed by atoms with Crippen molar-refractivity contribution in [3.63, 3.8) is 0 Å². The van der Waals surface area contributed by atoms with Crippen molar-refractivity contribution in [1.29, 1.82) is 0 Å². The summed E-state index contributed by atoms with van der Waals surface area (Å²) in [6.07, 6.45) is 2.50. The zero-order valence-electron chi connectivity index (χ0n) is 13.4. The van der Waals surface area contributed by atoms with Crippen molar-refractivity contribution in [3.05, 3.63) is 71.7 Å². The Kier molecular flexibility index (Phi) is 3.61. The van der Waals surface area contributed by atoms with Crippen LogP contribution in [0.25, 0.3) is 11.1 Å². The second kappa shape index (κ2) is 5.94. The van der Waals surface area contributed by atoms with E-state index in [1.54, 1.807) is 13.2 Å². The SMILES string of the molecule is COc1cc2c(c(-c3ccccc3)c1)OC1C(C=O)=COC=C1C2=O. The molecule has 4 rings (SSSR count). The van der Waals surface area contributed by atoms with E-state index >= 15 is 0 Å². The first-order chi connectivity index (χ1) is 12.2. The molecule has 2 aromatic carbocycles. The van der Waals surface area contributed by atoms with Gasteiger partial charge in [-0.15, -0.1) is 0 Å². The average molecular weight is 334 g/mol. The first-order valence-electron chi connectivity index (χ1n) is 7.72. The van der Waals surface area contributed by atoms with E-state index in [0.717, 1.165) is 11.1 Å². The number of rotatable bonds is 3. The monoisotopic (exact) mass is 334 g/mol. The van der Waals surface area contributed by atoms with Crippen molar-refractivity contribution in [2.45, 2.75) is 6.10 Å². The highest BCUT2D eigenvalue weighted by Gasteiger charge is 2.38. The third-order valence-electron chi connectivity index (χ3n) is 4.25. The van der Waals surface area contributed by atoms with Crippen LogP contribution in [0, 0.1) is 0 Å². The Morgan fingerprint density at radius 3 is 2.56 bits per heavy atom. The van der Waals surface area contributed by atoms with Gasteiger partial charge in [-0.25, -0.2) is 0 Å². The van der Waals surface area contributed by atoms with E-state index in [4.69, 9.17) is 14.2 Å². The highest BCUT2D eigenvalue weighted by atomic mass is 16.5. The molecule has 0 spiro atoms. The van der Waals surface area contributed by atoms with E-state index in [9.17, 15) is 9.59 Å². The molecule has 1 atom stereocenters. The molecule has 0 aliphatic carbocycles. The minimum Gasteiger partial charge on any atom is -0.497 e. The number of fused-ring (bicyclic) bond motifs is 2. The summed E-state index contributed by atoms with van der Waals surface area (Å²) in [4.78, 5) is 24.2. The number of hydrogen-bond acceptors (Lipinski definition) is 5. The molecule has 0 aromatic heterocycles. The molecule has 5 heteroatoms. The normalized spacial score (nSPS) is 18.0. The highest BCUT2D eigenvalue weighted by Crippen LogP contribution is 2.43. The topological polar surface area (TPSA) is 61.8 Å². The van der Waals surface area contributed by atoms with Crippen LogP contribution < -0.4 is 9.47 Å². The van der Waals surface area contributed by atoms with Crippen LogP contribution in [0.15, 0.2) is 66.1 Å². The summed E-state index contributed by atoms with van der Waals surface area (Å²) < 4.78 is 16.5. The molecule has 0 amide bonds. The van der Waals surface area contributed by atoms with Gasteiger partial charge >= 0.3 is 0 Å². The van der Waals surface area contributed by atoms with Crippen LogP contribution in [0.2, 0.25) is 0 Å². The molecular formula is C20H14O5. The Morgan fingerprint density at radius 2 is 1.84 bits per heavy atom. The van der Waals surface area contributed by atoms with Gasteiger partial charge in [-0.3, -0.25) is 9.59 Å². The van der Waals surface area contributed by atoms with Crippen LogP contribution in [0.5, 0.6) is 11.5 Å². The van der Waals surface area contributed by atoms with E-state index in [2.05, 4.69) is 0 Å². The van der Waals surface area contributed by atoms with Crippen molar-refractivity contribution in [2.24, 2.45) is 0 Å². The van der Waals surface area contributed by atoms with Crippen molar-refractivity contribution in [3.8, 4) is 22.6 Å². The number of methoxy groups -OCH3 is 1. The van der Waals surface area contributed by atoms with Gasteiger partial charge in [0.25, 0.3) is 0 Å². The second-order valence-corrected chi connectivity index (χ2v) is 5.69. The molecule has 0 radical (unpaired) electrons. The lowest BCUT2D eigenvalue weighted by atomic mass is 9.89. The Balaban J connectivity index is 1.94. The fourth-order valence-corrected chi connectivity index (χ4v) is 3.00. The predicted octanol–water partition coefficient (Wildman–Crippen LogP) is 3.30. The first-order valence-corrected chi connectivity index (χ1v) is 7.72. The molecule has 124 valence electrons. The van der Waals surface area contributed by atoms with Gasteiger partial charge in [0.15, 0.2) is 18.2 Å². The third kappa shape index (κ3) is 2.41. The number of ketones is 1. The molecule has 2 heterocycles. The molecule has 2 aliphatic heterocycles. The fraction of sp³-hybridized carbons (Fsp3) is 0.100. The zero-order valence-corrected chi connectivity index (χ0v) is 13.4. The van der Waals surface area contributed by atoms with Gasteiger partial charge in [-0.05, 0) is 17.7 Å². The Hall–Kier alpha value is -3.34. The van der Waals surface area contributed by atoms with Gasteiger partial charge in [0.05, 0.1) is 23.8 Å². The summed E-state index contributed by atoms with van der Waals surface area (Å²) in [5.41, 5.74) is 2.58. The average Bonchev–Trinajstić information content (AvgIpc) is 2.68. The van der Waals surface area contributed by atoms with E-state index in [0.29, 0.717) is 28.9 Å². The Bertz CT molecular complexity index is 925. The number of carbonyl (C=O) groups is 2. The summed E-state index contributed by atoms with van der Waals surface area (Å²) in [7, 11) is 1.55. The van der Waals surface area contributed by atoms with E-state index in [1.165, 1.54) is 12.5 Å².